The van der Waals surface area contributed by atoms with Crippen LogP contribution < -0.4 is 0 Å². The Labute approximate surface area is 127 Å². The molecule has 4 rings (SSSR count). The van der Waals surface area contributed by atoms with Crippen LogP contribution in [0.15, 0.2) is 77.2 Å². The highest BCUT2D eigenvalue weighted by Crippen LogP contribution is 2.35. The molecule has 0 atom stereocenters. The van der Waals surface area contributed by atoms with Gasteiger partial charge in [-0.15, -0.1) is 0 Å². The van der Waals surface area contributed by atoms with Crippen molar-refractivity contribution in [1.82, 2.24) is 0 Å². The van der Waals surface area contributed by atoms with Crippen LogP contribution in [-0.4, -0.2) is 0 Å². The van der Waals surface area contributed by atoms with Crippen molar-refractivity contribution in [2.45, 2.75) is 0 Å². The molecule has 0 saturated heterocycles. The summed E-state index contributed by atoms with van der Waals surface area (Å²) in [5, 5.41) is 4.01. The molecular formula is C19H12ClO+. The molecule has 1 nitrogen and oxygen atoms in total. The van der Waals surface area contributed by atoms with Gasteiger partial charge >= 0.3 is 11.3 Å². The summed E-state index contributed by atoms with van der Waals surface area (Å²) in [6, 6.07) is 24.2. The van der Waals surface area contributed by atoms with Gasteiger partial charge in [-0.3, -0.25) is 0 Å². The average Bonchev–Trinajstić information content (AvgIpc) is 2.55. The molecule has 0 unspecified atom stereocenters. The highest BCUT2D eigenvalue weighted by atomic mass is 35.5. The van der Waals surface area contributed by atoms with Crippen molar-refractivity contribution >= 4 is 33.3 Å². The summed E-state index contributed by atoms with van der Waals surface area (Å²) in [7, 11) is 0. The van der Waals surface area contributed by atoms with E-state index in [-0.39, 0.29) is 0 Å². The van der Waals surface area contributed by atoms with Crippen molar-refractivity contribution in [3.05, 3.63) is 77.8 Å². The Hall–Kier alpha value is -2.38. The predicted molar refractivity (Wildman–Crippen MR) is 88.6 cm³/mol. The molecule has 0 spiro atoms. The van der Waals surface area contributed by atoms with Crippen molar-refractivity contribution < 1.29 is 4.42 Å². The molecule has 2 heteroatoms. The highest BCUT2D eigenvalue weighted by Gasteiger charge is 2.21. The second kappa shape index (κ2) is 4.87. The van der Waals surface area contributed by atoms with Crippen molar-refractivity contribution in [2.24, 2.45) is 0 Å². The SMILES string of the molecule is Clc1ccc2[o+]c(-c3ccccc3)c3ccccc3c2c1. The van der Waals surface area contributed by atoms with Crippen LogP contribution in [0.1, 0.15) is 0 Å². The van der Waals surface area contributed by atoms with Crippen LogP contribution in [-0.2, 0) is 0 Å². The van der Waals surface area contributed by atoms with Crippen molar-refractivity contribution in [2.75, 3.05) is 0 Å². The lowest BCUT2D eigenvalue weighted by Crippen LogP contribution is -1.84. The van der Waals surface area contributed by atoms with Crippen LogP contribution >= 0.6 is 11.6 Å². The Balaban J connectivity index is 2.18. The third kappa shape index (κ3) is 2.07. The number of hydrogen-bond acceptors (Lipinski definition) is 0. The second-order valence-electron chi connectivity index (χ2n) is 4.98. The molecule has 0 aliphatic heterocycles. The maximum Gasteiger partial charge on any atom is 0.368 e. The molecule has 1 aromatic heterocycles. The molecule has 0 amide bonds. The van der Waals surface area contributed by atoms with Gasteiger partial charge in [-0.2, -0.15) is 0 Å². The summed E-state index contributed by atoms with van der Waals surface area (Å²) >= 11 is 6.13. The fourth-order valence-corrected chi connectivity index (χ4v) is 2.86. The van der Waals surface area contributed by atoms with Gasteiger partial charge in [0.2, 0.25) is 0 Å². The maximum absolute atomic E-state index is 6.16. The first-order valence-corrected chi connectivity index (χ1v) is 7.20. The molecule has 0 aliphatic carbocycles. The van der Waals surface area contributed by atoms with Gasteiger partial charge in [0.1, 0.15) is 0 Å². The smallest absolute Gasteiger partial charge is 0.206 e. The Morgan fingerprint density at radius 3 is 2.19 bits per heavy atom. The standard InChI is InChI=1S/C19H12ClO/c20-14-10-11-18-17(12-14)15-8-4-5-9-16(15)19(21-18)13-6-2-1-3-7-13/h1-12H/q+1. The van der Waals surface area contributed by atoms with Crippen LogP contribution in [0.3, 0.4) is 0 Å². The molecule has 1 heterocycles. The topological polar surface area (TPSA) is 11.3 Å². The first kappa shape index (κ1) is 12.4. The van der Waals surface area contributed by atoms with E-state index in [1.54, 1.807) is 0 Å². The molecule has 4 aromatic rings. The van der Waals surface area contributed by atoms with Crippen LogP contribution in [0.2, 0.25) is 5.02 Å². The number of benzene rings is 3. The molecule has 0 aliphatic rings. The number of halogens is 1. The van der Waals surface area contributed by atoms with Gasteiger partial charge in [0.05, 0.1) is 16.3 Å². The predicted octanol–water partition coefficient (Wildman–Crippen LogP) is 6.19. The summed E-state index contributed by atoms with van der Waals surface area (Å²) < 4.78 is 6.16. The molecule has 0 bridgehead atoms. The van der Waals surface area contributed by atoms with E-state index in [2.05, 4.69) is 24.3 Å². The van der Waals surface area contributed by atoms with Gasteiger partial charge in [-0.1, -0.05) is 48.0 Å². The average molecular weight is 292 g/mol. The van der Waals surface area contributed by atoms with Crippen LogP contribution in [0.4, 0.5) is 0 Å². The lowest BCUT2D eigenvalue weighted by Gasteiger charge is -2.01. The Morgan fingerprint density at radius 1 is 0.667 bits per heavy atom. The highest BCUT2D eigenvalue weighted by molar-refractivity contribution is 6.31. The summed E-state index contributed by atoms with van der Waals surface area (Å²) in [5.41, 5.74) is 1.92. The largest absolute Gasteiger partial charge is 0.368 e. The van der Waals surface area contributed by atoms with Crippen molar-refractivity contribution in [3.8, 4) is 11.3 Å². The monoisotopic (exact) mass is 291 g/mol. The summed E-state index contributed by atoms with van der Waals surface area (Å²) in [5.74, 6) is 0.890. The quantitative estimate of drug-likeness (QED) is 0.301. The molecule has 21 heavy (non-hydrogen) atoms. The lowest BCUT2D eigenvalue weighted by atomic mass is 10.0. The Kier molecular flexibility index (Phi) is 2.87. The van der Waals surface area contributed by atoms with E-state index in [0.717, 1.165) is 38.1 Å². The van der Waals surface area contributed by atoms with E-state index in [1.807, 2.05) is 48.5 Å². The first-order valence-electron chi connectivity index (χ1n) is 6.82. The van der Waals surface area contributed by atoms with Gasteiger partial charge in [0.15, 0.2) is 0 Å². The molecule has 0 radical (unpaired) electrons. The van der Waals surface area contributed by atoms with E-state index in [4.69, 9.17) is 16.0 Å². The first-order chi connectivity index (χ1) is 10.3. The number of fused-ring (bicyclic) bond motifs is 3. The molecule has 0 fully saturated rings. The third-order valence-corrected chi connectivity index (χ3v) is 3.89. The van der Waals surface area contributed by atoms with Crippen molar-refractivity contribution in [1.29, 1.82) is 0 Å². The normalized spacial score (nSPS) is 11.1. The van der Waals surface area contributed by atoms with Gasteiger partial charge in [0, 0.05) is 16.5 Å². The Morgan fingerprint density at radius 2 is 1.38 bits per heavy atom. The summed E-state index contributed by atoms with van der Waals surface area (Å²) in [4.78, 5) is 0. The molecule has 0 N–H and O–H groups in total. The summed E-state index contributed by atoms with van der Waals surface area (Å²) in [6.45, 7) is 0. The van der Waals surface area contributed by atoms with Gasteiger partial charge in [0.25, 0.3) is 0 Å². The molecule has 3 aromatic carbocycles. The zero-order valence-electron chi connectivity index (χ0n) is 11.2. The molecule has 100 valence electrons. The lowest BCUT2D eigenvalue weighted by molar-refractivity contribution is 0.626. The fourth-order valence-electron chi connectivity index (χ4n) is 2.69. The van der Waals surface area contributed by atoms with Gasteiger partial charge in [-0.25, -0.2) is 4.42 Å². The van der Waals surface area contributed by atoms with Gasteiger partial charge in [-0.05, 0) is 30.3 Å². The summed E-state index contributed by atoms with van der Waals surface area (Å²) in [6.07, 6.45) is 0. The zero-order valence-corrected chi connectivity index (χ0v) is 12.0. The van der Waals surface area contributed by atoms with E-state index >= 15 is 0 Å². The molecule has 0 saturated carbocycles. The van der Waals surface area contributed by atoms with Gasteiger partial charge < -0.3 is 0 Å². The van der Waals surface area contributed by atoms with E-state index in [1.165, 1.54) is 0 Å². The zero-order chi connectivity index (χ0) is 14.2. The number of rotatable bonds is 1. The van der Waals surface area contributed by atoms with Crippen LogP contribution in [0.5, 0.6) is 0 Å². The number of hydrogen-bond donors (Lipinski definition) is 0. The minimum Gasteiger partial charge on any atom is -0.206 e. The second-order valence-corrected chi connectivity index (χ2v) is 5.42. The minimum absolute atomic E-state index is 0.718. The Bertz CT molecular complexity index is 945. The molecular weight excluding hydrogens is 280 g/mol. The van der Waals surface area contributed by atoms with E-state index in [0.29, 0.717) is 0 Å². The van der Waals surface area contributed by atoms with E-state index in [9.17, 15) is 0 Å². The fraction of sp³-hybridized carbons (Fsp3) is 0. The minimum atomic E-state index is 0.718. The van der Waals surface area contributed by atoms with Crippen LogP contribution in [0, 0.1) is 0 Å². The van der Waals surface area contributed by atoms with E-state index < -0.39 is 0 Å². The van der Waals surface area contributed by atoms with Crippen LogP contribution in [0.25, 0.3) is 33.1 Å². The maximum atomic E-state index is 6.16. The van der Waals surface area contributed by atoms with Crippen molar-refractivity contribution in [3.63, 3.8) is 0 Å². The third-order valence-electron chi connectivity index (χ3n) is 3.65.